The zero-order chi connectivity index (χ0) is 8.27. The van der Waals surface area contributed by atoms with Gasteiger partial charge in [-0.05, 0) is 18.8 Å². The minimum atomic E-state index is -0.650. The van der Waals surface area contributed by atoms with Gasteiger partial charge < -0.3 is 5.11 Å². The molecule has 0 amide bonds. The molecule has 0 aromatic rings. The first-order valence-electron chi connectivity index (χ1n) is 3.90. The zero-order valence-electron chi connectivity index (χ0n) is 6.42. The lowest BCUT2D eigenvalue weighted by molar-refractivity contribution is -0.121. The Labute approximate surface area is 66.6 Å². The number of ketones is 1. The van der Waals surface area contributed by atoms with E-state index in [1.165, 1.54) is 0 Å². The lowest BCUT2D eigenvalue weighted by Crippen LogP contribution is -2.24. The molecule has 1 fully saturated rings. The molecule has 11 heavy (non-hydrogen) atoms. The maximum atomic E-state index is 10.8. The van der Waals surface area contributed by atoms with Crippen molar-refractivity contribution in [3.63, 3.8) is 0 Å². The molecule has 1 rings (SSSR count). The standard InChI is InChI=1S/C9H12O2/c1-2-9(11)7-3-5-8(10)6-4-7/h1,7,9,11H,3-6H2. The summed E-state index contributed by atoms with van der Waals surface area (Å²) in [7, 11) is 0. The summed E-state index contributed by atoms with van der Waals surface area (Å²) in [6.45, 7) is 0. The summed E-state index contributed by atoms with van der Waals surface area (Å²) in [5.74, 6) is 2.74. The molecular weight excluding hydrogens is 140 g/mol. The van der Waals surface area contributed by atoms with Crippen LogP contribution in [0, 0.1) is 18.3 Å². The van der Waals surface area contributed by atoms with Crippen molar-refractivity contribution in [3.05, 3.63) is 0 Å². The highest BCUT2D eigenvalue weighted by Crippen LogP contribution is 2.23. The summed E-state index contributed by atoms with van der Waals surface area (Å²) >= 11 is 0. The third-order valence-electron chi connectivity index (χ3n) is 2.21. The Kier molecular flexibility index (Phi) is 2.67. The summed E-state index contributed by atoms with van der Waals surface area (Å²) < 4.78 is 0. The van der Waals surface area contributed by atoms with Crippen LogP contribution in [0.5, 0.6) is 0 Å². The average Bonchev–Trinajstić information content (AvgIpc) is 2.05. The van der Waals surface area contributed by atoms with E-state index in [1.807, 2.05) is 0 Å². The van der Waals surface area contributed by atoms with Gasteiger partial charge in [0.2, 0.25) is 0 Å². The lowest BCUT2D eigenvalue weighted by atomic mass is 9.85. The van der Waals surface area contributed by atoms with Gasteiger partial charge in [0.05, 0.1) is 0 Å². The number of Topliss-reactive ketones (excluding diaryl/α,β-unsaturated/α-hetero) is 1. The lowest BCUT2D eigenvalue weighted by Gasteiger charge is -2.22. The Morgan fingerprint density at radius 2 is 2.09 bits per heavy atom. The maximum absolute atomic E-state index is 10.8. The fraction of sp³-hybridized carbons (Fsp3) is 0.667. The van der Waals surface area contributed by atoms with Crippen molar-refractivity contribution in [1.82, 2.24) is 0 Å². The van der Waals surface area contributed by atoms with Crippen LogP contribution in [0.4, 0.5) is 0 Å². The Morgan fingerprint density at radius 3 is 2.55 bits per heavy atom. The van der Waals surface area contributed by atoms with E-state index in [-0.39, 0.29) is 5.92 Å². The first-order valence-corrected chi connectivity index (χ1v) is 3.90. The molecule has 0 saturated heterocycles. The fourth-order valence-electron chi connectivity index (χ4n) is 1.41. The van der Waals surface area contributed by atoms with Gasteiger partial charge >= 0.3 is 0 Å². The SMILES string of the molecule is C#CC(O)C1CCC(=O)CC1. The topological polar surface area (TPSA) is 37.3 Å². The van der Waals surface area contributed by atoms with E-state index in [1.54, 1.807) is 0 Å². The fourth-order valence-corrected chi connectivity index (χ4v) is 1.41. The number of hydrogen-bond donors (Lipinski definition) is 1. The van der Waals surface area contributed by atoms with Crippen LogP contribution in [0.25, 0.3) is 0 Å². The predicted octanol–water partition coefficient (Wildman–Crippen LogP) is 0.740. The highest BCUT2D eigenvalue weighted by atomic mass is 16.3. The van der Waals surface area contributed by atoms with E-state index >= 15 is 0 Å². The molecule has 0 aliphatic heterocycles. The molecule has 2 nitrogen and oxygen atoms in total. The van der Waals surface area contributed by atoms with Crippen LogP contribution >= 0.6 is 0 Å². The van der Waals surface area contributed by atoms with Crippen molar-refractivity contribution >= 4 is 5.78 Å². The van der Waals surface area contributed by atoms with Crippen molar-refractivity contribution in [2.45, 2.75) is 31.8 Å². The molecule has 0 aromatic carbocycles. The molecule has 0 radical (unpaired) electrons. The van der Waals surface area contributed by atoms with Gasteiger partial charge in [0.1, 0.15) is 11.9 Å². The summed E-state index contributed by atoms with van der Waals surface area (Å²) in [5, 5.41) is 9.22. The third kappa shape index (κ3) is 2.06. The molecule has 0 heterocycles. The second-order valence-corrected chi connectivity index (χ2v) is 2.99. The molecular formula is C9H12O2. The molecule has 0 bridgehead atoms. The van der Waals surface area contributed by atoms with Gasteiger partial charge in [-0.3, -0.25) is 4.79 Å². The smallest absolute Gasteiger partial charge is 0.132 e. The average molecular weight is 152 g/mol. The summed E-state index contributed by atoms with van der Waals surface area (Å²) in [6.07, 6.45) is 7.08. The quantitative estimate of drug-likeness (QED) is 0.563. The van der Waals surface area contributed by atoms with Crippen LogP contribution in [-0.4, -0.2) is 17.0 Å². The van der Waals surface area contributed by atoms with Crippen LogP contribution in [0.15, 0.2) is 0 Å². The van der Waals surface area contributed by atoms with Crippen molar-refractivity contribution in [1.29, 1.82) is 0 Å². The van der Waals surface area contributed by atoms with Gasteiger partial charge in [-0.25, -0.2) is 0 Å². The van der Waals surface area contributed by atoms with E-state index in [0.717, 1.165) is 12.8 Å². The van der Waals surface area contributed by atoms with Crippen molar-refractivity contribution in [2.75, 3.05) is 0 Å². The summed E-state index contributed by atoms with van der Waals surface area (Å²) in [5.41, 5.74) is 0. The molecule has 1 saturated carbocycles. The van der Waals surface area contributed by atoms with Gasteiger partial charge in [-0.2, -0.15) is 0 Å². The van der Waals surface area contributed by atoms with Crippen LogP contribution in [-0.2, 0) is 4.79 Å². The molecule has 1 aliphatic rings. The molecule has 1 unspecified atom stereocenters. The number of rotatable bonds is 1. The second-order valence-electron chi connectivity index (χ2n) is 2.99. The Balaban J connectivity index is 2.40. The Bertz CT molecular complexity index is 180. The van der Waals surface area contributed by atoms with E-state index in [4.69, 9.17) is 6.42 Å². The van der Waals surface area contributed by atoms with Crippen LogP contribution in [0.2, 0.25) is 0 Å². The maximum Gasteiger partial charge on any atom is 0.132 e. The normalized spacial score (nSPS) is 22.7. The minimum Gasteiger partial charge on any atom is -0.380 e. The van der Waals surface area contributed by atoms with Gasteiger partial charge in [0, 0.05) is 12.8 Å². The highest BCUT2D eigenvalue weighted by molar-refractivity contribution is 5.79. The number of carbonyl (C=O) groups excluding carboxylic acids is 1. The number of carbonyl (C=O) groups is 1. The largest absolute Gasteiger partial charge is 0.380 e. The number of aliphatic hydroxyl groups is 1. The Morgan fingerprint density at radius 1 is 1.55 bits per heavy atom. The minimum absolute atomic E-state index is 0.151. The van der Waals surface area contributed by atoms with E-state index in [2.05, 4.69) is 5.92 Å². The van der Waals surface area contributed by atoms with Gasteiger partial charge in [0.15, 0.2) is 0 Å². The molecule has 60 valence electrons. The van der Waals surface area contributed by atoms with Crippen LogP contribution < -0.4 is 0 Å². The zero-order valence-corrected chi connectivity index (χ0v) is 6.42. The van der Waals surface area contributed by atoms with E-state index in [9.17, 15) is 9.90 Å². The van der Waals surface area contributed by atoms with Crippen molar-refractivity contribution in [2.24, 2.45) is 5.92 Å². The summed E-state index contributed by atoms with van der Waals surface area (Å²) in [6, 6.07) is 0. The van der Waals surface area contributed by atoms with Crippen LogP contribution in [0.1, 0.15) is 25.7 Å². The Hall–Kier alpha value is -0.810. The molecule has 0 spiro atoms. The van der Waals surface area contributed by atoms with Gasteiger partial charge in [-0.1, -0.05) is 5.92 Å². The molecule has 1 atom stereocenters. The van der Waals surface area contributed by atoms with Crippen LogP contribution in [0.3, 0.4) is 0 Å². The monoisotopic (exact) mass is 152 g/mol. The second kappa shape index (κ2) is 3.54. The summed E-state index contributed by atoms with van der Waals surface area (Å²) in [4.78, 5) is 10.8. The number of hydrogen-bond acceptors (Lipinski definition) is 2. The van der Waals surface area contributed by atoms with Crippen molar-refractivity contribution < 1.29 is 9.90 Å². The molecule has 2 heteroatoms. The van der Waals surface area contributed by atoms with E-state index in [0.29, 0.717) is 18.6 Å². The van der Waals surface area contributed by atoms with E-state index < -0.39 is 6.10 Å². The number of terminal acetylenes is 1. The van der Waals surface area contributed by atoms with Crippen molar-refractivity contribution in [3.8, 4) is 12.3 Å². The third-order valence-corrected chi connectivity index (χ3v) is 2.21. The van der Waals surface area contributed by atoms with Gasteiger partial charge in [-0.15, -0.1) is 6.42 Å². The first-order chi connectivity index (χ1) is 5.24. The molecule has 1 aliphatic carbocycles. The molecule has 0 aromatic heterocycles. The molecule has 1 N–H and O–H groups in total. The highest BCUT2D eigenvalue weighted by Gasteiger charge is 2.23. The number of aliphatic hydroxyl groups excluding tert-OH is 1. The first kappa shape index (κ1) is 8.29. The predicted molar refractivity (Wildman–Crippen MR) is 41.8 cm³/mol. The van der Waals surface area contributed by atoms with Gasteiger partial charge in [0.25, 0.3) is 0 Å².